The second-order valence-electron chi connectivity index (χ2n) is 9.62. The number of primary amides is 1. The highest BCUT2D eigenvalue weighted by Gasteiger charge is 2.44. The largest absolute Gasteiger partial charge is 0.444 e. The van der Waals surface area contributed by atoms with Gasteiger partial charge in [-0.3, -0.25) is 24.1 Å². The van der Waals surface area contributed by atoms with E-state index in [4.69, 9.17) is 10.5 Å². The fraction of sp³-hybridized carbons (Fsp3) is 0.762. The summed E-state index contributed by atoms with van der Waals surface area (Å²) in [5.74, 6) is -2.75. The quantitative estimate of drug-likeness (QED) is 0.514. The molecule has 0 aromatic rings. The van der Waals surface area contributed by atoms with E-state index in [-0.39, 0.29) is 31.1 Å². The van der Waals surface area contributed by atoms with Crippen LogP contribution in [0, 0.1) is 11.8 Å². The minimum absolute atomic E-state index is 0.00752. The molecule has 1 aliphatic rings. The highest BCUT2D eigenvalue weighted by molar-refractivity contribution is 6.05. The number of carbonyl (C=O) groups is 5. The second-order valence-corrected chi connectivity index (χ2v) is 9.62. The molecule has 1 heterocycles. The summed E-state index contributed by atoms with van der Waals surface area (Å²) in [6, 6.07) is -3.04. The summed E-state index contributed by atoms with van der Waals surface area (Å²) >= 11 is 0. The Hall–Kier alpha value is -2.65. The lowest BCUT2D eigenvalue weighted by atomic mass is 10.0. The van der Waals surface area contributed by atoms with Crippen molar-refractivity contribution >= 4 is 29.7 Å². The van der Waals surface area contributed by atoms with E-state index in [0.717, 1.165) is 4.90 Å². The molecule has 1 fully saturated rings. The highest BCUT2D eigenvalue weighted by Crippen LogP contribution is 2.22. The van der Waals surface area contributed by atoms with Gasteiger partial charge in [-0.25, -0.2) is 4.79 Å². The number of carbonyl (C=O) groups excluding carboxylic acids is 5. The van der Waals surface area contributed by atoms with Gasteiger partial charge in [-0.1, -0.05) is 27.7 Å². The van der Waals surface area contributed by atoms with Crippen LogP contribution in [0.1, 0.15) is 67.7 Å². The number of nitrogens with one attached hydrogen (secondary N) is 2. The summed E-state index contributed by atoms with van der Waals surface area (Å²) in [7, 11) is 0. The lowest BCUT2D eigenvalue weighted by molar-refractivity contribution is -0.149. The Morgan fingerprint density at radius 3 is 2.16 bits per heavy atom. The van der Waals surface area contributed by atoms with Crippen LogP contribution in [0.5, 0.6) is 0 Å². The number of ether oxygens (including phenoxy) is 1. The Labute approximate surface area is 183 Å². The molecule has 0 aromatic heterocycles. The molecule has 0 aliphatic carbocycles. The number of hydrogen-bond acceptors (Lipinski definition) is 6. The van der Waals surface area contributed by atoms with Crippen molar-refractivity contribution in [2.75, 3.05) is 0 Å². The zero-order valence-electron chi connectivity index (χ0n) is 19.5. The van der Waals surface area contributed by atoms with E-state index in [2.05, 4.69) is 10.6 Å². The van der Waals surface area contributed by atoms with Gasteiger partial charge in [-0.2, -0.15) is 0 Å². The van der Waals surface area contributed by atoms with E-state index >= 15 is 0 Å². The van der Waals surface area contributed by atoms with Crippen LogP contribution in [0.3, 0.4) is 0 Å². The fourth-order valence-electron chi connectivity index (χ4n) is 3.33. The van der Waals surface area contributed by atoms with Gasteiger partial charge in [0.25, 0.3) is 5.91 Å². The monoisotopic (exact) mass is 440 g/mol. The van der Waals surface area contributed by atoms with E-state index in [9.17, 15) is 24.0 Å². The standard InChI is InChI=1S/C21H36N4O6/c1-11(2)10-13(23-20(30)31-21(5,6)7)19(29)25-14(8-9-15(25)26)18(28)24-16(12(3)4)17(22)27/h11-14,16H,8-10H2,1-7H3,(H2,22,27)(H,23,30)(H,24,28). The van der Waals surface area contributed by atoms with Gasteiger partial charge >= 0.3 is 6.09 Å². The minimum Gasteiger partial charge on any atom is -0.444 e. The van der Waals surface area contributed by atoms with Crippen LogP contribution in [0.4, 0.5) is 4.79 Å². The van der Waals surface area contributed by atoms with Crippen LogP contribution in [0.25, 0.3) is 0 Å². The average molecular weight is 441 g/mol. The van der Waals surface area contributed by atoms with Crippen LogP contribution >= 0.6 is 0 Å². The van der Waals surface area contributed by atoms with Crippen molar-refractivity contribution in [3.05, 3.63) is 0 Å². The molecule has 1 aliphatic heterocycles. The number of nitrogens with zero attached hydrogens (tertiary/aromatic N) is 1. The van der Waals surface area contributed by atoms with E-state index in [1.165, 1.54) is 0 Å². The average Bonchev–Trinajstić information content (AvgIpc) is 2.97. The van der Waals surface area contributed by atoms with Gasteiger partial charge in [0.05, 0.1) is 0 Å². The van der Waals surface area contributed by atoms with Gasteiger partial charge in [-0.05, 0) is 45.4 Å². The van der Waals surface area contributed by atoms with Crippen LogP contribution in [-0.2, 0) is 23.9 Å². The zero-order valence-corrected chi connectivity index (χ0v) is 19.5. The smallest absolute Gasteiger partial charge is 0.408 e. The van der Waals surface area contributed by atoms with Crippen LogP contribution in [0.2, 0.25) is 0 Å². The first-order valence-electron chi connectivity index (χ1n) is 10.6. The molecule has 31 heavy (non-hydrogen) atoms. The number of amides is 5. The van der Waals surface area contributed by atoms with Gasteiger partial charge in [0, 0.05) is 6.42 Å². The SMILES string of the molecule is CC(C)CC(NC(=O)OC(C)(C)C)C(=O)N1C(=O)CCC1C(=O)NC(C(N)=O)C(C)C. The van der Waals surface area contributed by atoms with E-state index in [1.54, 1.807) is 34.6 Å². The molecule has 0 bridgehead atoms. The number of imide groups is 1. The first kappa shape index (κ1) is 26.4. The van der Waals surface area contributed by atoms with Crippen molar-refractivity contribution < 1.29 is 28.7 Å². The fourth-order valence-corrected chi connectivity index (χ4v) is 3.33. The number of rotatable bonds is 8. The number of alkyl carbamates (subject to hydrolysis) is 1. The summed E-state index contributed by atoms with van der Waals surface area (Å²) in [6.07, 6.45) is -0.395. The number of nitrogens with two attached hydrogens (primary N) is 1. The first-order chi connectivity index (χ1) is 14.1. The van der Waals surface area contributed by atoms with Gasteiger partial charge in [0.2, 0.25) is 17.7 Å². The van der Waals surface area contributed by atoms with Crippen molar-refractivity contribution in [2.45, 2.75) is 91.5 Å². The molecule has 176 valence electrons. The van der Waals surface area contributed by atoms with Gasteiger partial charge in [0.1, 0.15) is 23.7 Å². The van der Waals surface area contributed by atoms with E-state index < -0.39 is 53.4 Å². The lowest BCUT2D eigenvalue weighted by Gasteiger charge is -2.30. The summed E-state index contributed by atoms with van der Waals surface area (Å²) < 4.78 is 5.23. The summed E-state index contributed by atoms with van der Waals surface area (Å²) in [4.78, 5) is 63.3. The summed E-state index contributed by atoms with van der Waals surface area (Å²) in [5, 5.41) is 5.07. The third kappa shape index (κ3) is 7.84. The number of hydrogen-bond donors (Lipinski definition) is 3. The van der Waals surface area contributed by atoms with Gasteiger partial charge in [-0.15, -0.1) is 0 Å². The summed E-state index contributed by atoms with van der Waals surface area (Å²) in [5.41, 5.74) is 4.59. The topological polar surface area (TPSA) is 148 Å². The molecule has 4 N–H and O–H groups in total. The second kappa shape index (κ2) is 10.6. The molecule has 10 heteroatoms. The Bertz CT molecular complexity index is 713. The maximum atomic E-state index is 13.2. The van der Waals surface area contributed by atoms with Crippen LogP contribution in [0.15, 0.2) is 0 Å². The van der Waals surface area contributed by atoms with Crippen molar-refractivity contribution in [3.63, 3.8) is 0 Å². The minimum atomic E-state index is -1.07. The highest BCUT2D eigenvalue weighted by atomic mass is 16.6. The third-order valence-electron chi connectivity index (χ3n) is 4.72. The predicted molar refractivity (Wildman–Crippen MR) is 113 cm³/mol. The van der Waals surface area contributed by atoms with Crippen molar-refractivity contribution in [1.29, 1.82) is 0 Å². The first-order valence-corrected chi connectivity index (χ1v) is 10.6. The molecule has 1 saturated heterocycles. The van der Waals surface area contributed by atoms with Crippen LogP contribution < -0.4 is 16.4 Å². The molecule has 0 radical (unpaired) electrons. The molecule has 0 aromatic carbocycles. The molecular weight excluding hydrogens is 404 g/mol. The zero-order chi connectivity index (χ0) is 24.1. The van der Waals surface area contributed by atoms with Gasteiger partial charge in [0.15, 0.2) is 0 Å². The molecule has 10 nitrogen and oxygen atoms in total. The molecule has 0 spiro atoms. The molecular formula is C21H36N4O6. The molecule has 0 saturated carbocycles. The Morgan fingerprint density at radius 2 is 1.71 bits per heavy atom. The third-order valence-corrected chi connectivity index (χ3v) is 4.72. The maximum Gasteiger partial charge on any atom is 0.408 e. The van der Waals surface area contributed by atoms with Crippen LogP contribution in [-0.4, -0.2) is 58.3 Å². The number of likely N-dealkylation sites (tertiary alicyclic amines) is 1. The van der Waals surface area contributed by atoms with E-state index in [1.807, 2.05) is 13.8 Å². The van der Waals surface area contributed by atoms with E-state index in [0.29, 0.717) is 0 Å². The lowest BCUT2D eigenvalue weighted by Crippen LogP contribution is -2.58. The Balaban J connectivity index is 3.06. The molecule has 3 unspecified atom stereocenters. The van der Waals surface area contributed by atoms with Gasteiger partial charge < -0.3 is 21.1 Å². The normalized spacial score (nSPS) is 18.7. The molecule has 3 atom stereocenters. The maximum absolute atomic E-state index is 13.2. The van der Waals surface area contributed by atoms with Crippen molar-refractivity contribution in [3.8, 4) is 0 Å². The van der Waals surface area contributed by atoms with Crippen molar-refractivity contribution in [1.82, 2.24) is 15.5 Å². The molecule has 1 rings (SSSR count). The predicted octanol–water partition coefficient (Wildman–Crippen LogP) is 1.07. The Kier molecular flexibility index (Phi) is 9.01. The summed E-state index contributed by atoms with van der Waals surface area (Å²) in [6.45, 7) is 12.3. The Morgan fingerprint density at radius 1 is 1.13 bits per heavy atom. The molecule has 5 amide bonds. The van der Waals surface area contributed by atoms with Crippen molar-refractivity contribution in [2.24, 2.45) is 17.6 Å².